The molecule has 4 heteroatoms. The molecule has 0 spiro atoms. The molecule has 0 aliphatic carbocycles. The van der Waals surface area contributed by atoms with Crippen LogP contribution in [0, 0.1) is 11.6 Å². The van der Waals surface area contributed by atoms with E-state index in [0.29, 0.717) is 6.42 Å². The van der Waals surface area contributed by atoms with Crippen molar-refractivity contribution < 1.29 is 8.78 Å². The van der Waals surface area contributed by atoms with Crippen molar-refractivity contribution in [2.24, 2.45) is 5.73 Å². The van der Waals surface area contributed by atoms with Crippen LogP contribution in [-0.2, 0) is 0 Å². The van der Waals surface area contributed by atoms with Crippen LogP contribution < -0.4 is 5.73 Å². The van der Waals surface area contributed by atoms with Crippen LogP contribution in [0.2, 0.25) is 0 Å². The summed E-state index contributed by atoms with van der Waals surface area (Å²) in [5.74, 6) is -1.26. The van der Waals surface area contributed by atoms with Crippen molar-refractivity contribution >= 4 is 15.9 Å². The first kappa shape index (κ1) is 11.3. The molecule has 14 heavy (non-hydrogen) atoms. The maximum absolute atomic E-state index is 13.4. The molecule has 0 aliphatic rings. The Morgan fingerprint density at radius 1 is 1.50 bits per heavy atom. The van der Waals surface area contributed by atoms with Crippen LogP contribution in [0.3, 0.4) is 0 Å². The molecule has 0 unspecified atom stereocenters. The lowest BCUT2D eigenvalue weighted by Gasteiger charge is -2.12. The fourth-order valence-electron chi connectivity index (χ4n) is 1.18. The van der Waals surface area contributed by atoms with Crippen LogP contribution >= 0.6 is 15.9 Å². The fraction of sp³-hybridized carbons (Fsp3) is 0.200. The van der Waals surface area contributed by atoms with Gasteiger partial charge in [0.05, 0.1) is 4.47 Å². The summed E-state index contributed by atoms with van der Waals surface area (Å²) in [7, 11) is 0. The van der Waals surface area contributed by atoms with E-state index in [-0.39, 0.29) is 10.0 Å². The SMILES string of the molecule is C=CC[C@@H](N)c1c(F)ccc(Br)c1F. The van der Waals surface area contributed by atoms with Crippen LogP contribution in [-0.4, -0.2) is 0 Å². The maximum Gasteiger partial charge on any atom is 0.145 e. The van der Waals surface area contributed by atoms with Crippen LogP contribution in [0.5, 0.6) is 0 Å². The Kier molecular flexibility index (Phi) is 3.77. The number of halogens is 3. The van der Waals surface area contributed by atoms with E-state index in [0.717, 1.165) is 0 Å². The number of rotatable bonds is 3. The highest BCUT2D eigenvalue weighted by Crippen LogP contribution is 2.27. The number of hydrogen-bond acceptors (Lipinski definition) is 1. The highest BCUT2D eigenvalue weighted by Gasteiger charge is 2.17. The quantitative estimate of drug-likeness (QED) is 0.656. The summed E-state index contributed by atoms with van der Waals surface area (Å²) in [5.41, 5.74) is 5.51. The Hall–Kier alpha value is -0.740. The second-order valence-electron chi connectivity index (χ2n) is 2.89. The standard InChI is InChI=1S/C10H10BrF2N/c1-2-3-8(14)9-7(12)5-4-6(11)10(9)13/h2,4-5,8H,1,3,14H2/t8-/m1/s1. The molecule has 1 atom stereocenters. The number of benzene rings is 1. The minimum atomic E-state index is -0.690. The highest BCUT2D eigenvalue weighted by molar-refractivity contribution is 9.10. The van der Waals surface area contributed by atoms with Gasteiger partial charge < -0.3 is 5.73 Å². The van der Waals surface area contributed by atoms with Gasteiger partial charge in [0.2, 0.25) is 0 Å². The second-order valence-corrected chi connectivity index (χ2v) is 3.74. The first-order valence-corrected chi connectivity index (χ1v) is 4.87. The second kappa shape index (κ2) is 4.66. The molecule has 0 amide bonds. The van der Waals surface area contributed by atoms with Gasteiger partial charge >= 0.3 is 0 Å². The molecule has 0 aliphatic heterocycles. The summed E-state index contributed by atoms with van der Waals surface area (Å²) in [6, 6.07) is 1.81. The average Bonchev–Trinajstić information content (AvgIpc) is 2.13. The Bertz CT molecular complexity index is 352. The first-order chi connectivity index (χ1) is 6.57. The van der Waals surface area contributed by atoms with Crippen molar-refractivity contribution in [3.63, 3.8) is 0 Å². The molecule has 0 fully saturated rings. The van der Waals surface area contributed by atoms with Gasteiger partial charge in [0.1, 0.15) is 11.6 Å². The van der Waals surface area contributed by atoms with E-state index in [4.69, 9.17) is 5.73 Å². The molecule has 0 bridgehead atoms. The van der Waals surface area contributed by atoms with E-state index >= 15 is 0 Å². The topological polar surface area (TPSA) is 26.0 Å². The largest absolute Gasteiger partial charge is 0.324 e. The molecular formula is C10H10BrF2N. The molecule has 2 N–H and O–H groups in total. The number of nitrogens with two attached hydrogens (primary N) is 1. The van der Waals surface area contributed by atoms with E-state index in [2.05, 4.69) is 22.5 Å². The van der Waals surface area contributed by atoms with Gasteiger partial charge in [-0.3, -0.25) is 0 Å². The molecule has 1 aromatic rings. The molecule has 1 rings (SSSR count). The monoisotopic (exact) mass is 261 g/mol. The maximum atomic E-state index is 13.4. The molecule has 0 saturated carbocycles. The van der Waals surface area contributed by atoms with Crippen molar-refractivity contribution in [1.29, 1.82) is 0 Å². The van der Waals surface area contributed by atoms with Gasteiger partial charge in [-0.15, -0.1) is 6.58 Å². The van der Waals surface area contributed by atoms with E-state index < -0.39 is 17.7 Å². The van der Waals surface area contributed by atoms with Crippen LogP contribution in [0.1, 0.15) is 18.0 Å². The van der Waals surface area contributed by atoms with Gasteiger partial charge in [-0.25, -0.2) is 8.78 Å². The average molecular weight is 262 g/mol. The van der Waals surface area contributed by atoms with Gasteiger partial charge in [0, 0.05) is 11.6 Å². The van der Waals surface area contributed by atoms with Gasteiger partial charge in [0.25, 0.3) is 0 Å². The Balaban J connectivity index is 3.17. The van der Waals surface area contributed by atoms with E-state index in [1.54, 1.807) is 0 Å². The zero-order valence-corrected chi connectivity index (χ0v) is 9.02. The highest BCUT2D eigenvalue weighted by atomic mass is 79.9. The molecule has 0 saturated heterocycles. The predicted octanol–water partition coefficient (Wildman–Crippen LogP) is 3.30. The van der Waals surface area contributed by atoms with Crippen molar-refractivity contribution in [2.75, 3.05) is 0 Å². The minimum Gasteiger partial charge on any atom is -0.324 e. The molecule has 1 aromatic carbocycles. The van der Waals surface area contributed by atoms with Crippen molar-refractivity contribution in [3.8, 4) is 0 Å². The normalized spacial score (nSPS) is 12.6. The van der Waals surface area contributed by atoms with Crippen LogP contribution in [0.4, 0.5) is 8.78 Å². The summed E-state index contributed by atoms with van der Waals surface area (Å²) >= 11 is 2.98. The van der Waals surface area contributed by atoms with Crippen LogP contribution in [0.15, 0.2) is 29.3 Å². The molecule has 0 radical (unpaired) electrons. The first-order valence-electron chi connectivity index (χ1n) is 4.07. The third-order valence-corrected chi connectivity index (χ3v) is 2.48. The van der Waals surface area contributed by atoms with Crippen LogP contribution in [0.25, 0.3) is 0 Å². The third kappa shape index (κ3) is 2.19. The fourth-order valence-corrected chi connectivity index (χ4v) is 1.53. The van der Waals surface area contributed by atoms with E-state index in [1.165, 1.54) is 18.2 Å². The molecule has 76 valence electrons. The van der Waals surface area contributed by atoms with E-state index in [1.807, 2.05) is 0 Å². The Labute approximate surface area is 89.7 Å². The summed E-state index contributed by atoms with van der Waals surface area (Å²) in [6.45, 7) is 3.47. The Morgan fingerprint density at radius 3 is 2.71 bits per heavy atom. The Morgan fingerprint density at radius 2 is 2.14 bits per heavy atom. The van der Waals surface area contributed by atoms with Crippen molar-refractivity contribution in [1.82, 2.24) is 0 Å². The summed E-state index contributed by atoms with van der Waals surface area (Å²) in [5, 5.41) is 0. The van der Waals surface area contributed by atoms with Gasteiger partial charge in [-0.1, -0.05) is 6.08 Å². The summed E-state index contributed by atoms with van der Waals surface area (Å²) < 4.78 is 26.9. The van der Waals surface area contributed by atoms with Crippen molar-refractivity contribution in [3.05, 3.63) is 46.5 Å². The smallest absolute Gasteiger partial charge is 0.145 e. The van der Waals surface area contributed by atoms with Gasteiger partial charge in [-0.2, -0.15) is 0 Å². The lowest BCUT2D eigenvalue weighted by atomic mass is 10.0. The molecule has 0 aromatic heterocycles. The lowest BCUT2D eigenvalue weighted by molar-refractivity contribution is 0.523. The molecule has 1 nitrogen and oxygen atoms in total. The zero-order valence-electron chi connectivity index (χ0n) is 7.43. The van der Waals surface area contributed by atoms with Gasteiger partial charge in [0.15, 0.2) is 0 Å². The zero-order chi connectivity index (χ0) is 10.7. The molecule has 0 heterocycles. The summed E-state index contributed by atoms with van der Waals surface area (Å²) in [4.78, 5) is 0. The van der Waals surface area contributed by atoms with E-state index in [9.17, 15) is 8.78 Å². The van der Waals surface area contributed by atoms with Gasteiger partial charge in [-0.05, 0) is 34.5 Å². The van der Waals surface area contributed by atoms with Crippen molar-refractivity contribution in [2.45, 2.75) is 12.5 Å². The third-order valence-electron chi connectivity index (χ3n) is 1.87. The predicted molar refractivity (Wildman–Crippen MR) is 55.8 cm³/mol. The lowest BCUT2D eigenvalue weighted by Crippen LogP contribution is -2.13. The molecular weight excluding hydrogens is 252 g/mol. The number of hydrogen-bond donors (Lipinski definition) is 1. The summed E-state index contributed by atoms with van der Waals surface area (Å²) in [6.07, 6.45) is 1.87. The minimum absolute atomic E-state index is 0.0979.